The zero-order valence-corrected chi connectivity index (χ0v) is 14.3. The molecule has 7 nitrogen and oxygen atoms in total. The first kappa shape index (κ1) is 17.2. The predicted octanol–water partition coefficient (Wildman–Crippen LogP) is 2.02. The number of rotatable bonds is 5. The molecule has 7 heteroatoms. The highest BCUT2D eigenvalue weighted by Gasteiger charge is 2.26. The van der Waals surface area contributed by atoms with E-state index in [1.807, 2.05) is 43.3 Å². The van der Waals surface area contributed by atoms with Crippen LogP contribution >= 0.6 is 0 Å². The van der Waals surface area contributed by atoms with Crippen molar-refractivity contribution in [2.24, 2.45) is 0 Å². The molecule has 1 saturated heterocycles. The molecule has 4 N–H and O–H groups in total. The van der Waals surface area contributed by atoms with Gasteiger partial charge < -0.3 is 15.4 Å². The second-order valence-electron chi connectivity index (χ2n) is 6.03. The lowest BCUT2D eigenvalue weighted by atomic mass is 10.1. The summed E-state index contributed by atoms with van der Waals surface area (Å²) in [5.74, 6) is 0.772. The molecular formula is C18H23N5O2. The maximum absolute atomic E-state index is 12.2. The molecular weight excluding hydrogens is 318 g/mol. The van der Waals surface area contributed by atoms with E-state index >= 15 is 0 Å². The topological polar surface area (TPSA) is 87.3 Å². The lowest BCUT2D eigenvalue weighted by Gasteiger charge is -2.18. The van der Waals surface area contributed by atoms with Crippen LogP contribution in [0.2, 0.25) is 0 Å². The van der Waals surface area contributed by atoms with Crippen molar-refractivity contribution < 1.29 is 9.53 Å². The van der Waals surface area contributed by atoms with Crippen LogP contribution in [0.4, 0.5) is 4.79 Å². The average Bonchev–Trinajstić information content (AvgIpc) is 3.10. The smallest absolute Gasteiger partial charge is 0.316 e. The van der Waals surface area contributed by atoms with Gasteiger partial charge in [-0.25, -0.2) is 15.6 Å². The number of pyridine rings is 1. The minimum Gasteiger partial charge on any atom is -0.497 e. The highest BCUT2D eigenvalue weighted by atomic mass is 16.5. The molecule has 2 unspecified atom stereocenters. The maximum Gasteiger partial charge on any atom is 0.316 e. The Morgan fingerprint density at radius 1 is 1.28 bits per heavy atom. The Balaban J connectivity index is 1.51. The number of hydrogen-bond acceptors (Lipinski definition) is 5. The van der Waals surface area contributed by atoms with Gasteiger partial charge in [-0.1, -0.05) is 12.1 Å². The van der Waals surface area contributed by atoms with E-state index in [9.17, 15) is 4.79 Å². The van der Waals surface area contributed by atoms with Crippen molar-refractivity contribution in [1.29, 1.82) is 0 Å². The lowest BCUT2D eigenvalue weighted by Crippen LogP contribution is -2.48. The first-order valence-electron chi connectivity index (χ1n) is 8.27. The summed E-state index contributed by atoms with van der Waals surface area (Å²) in [5.41, 5.74) is 8.42. The van der Waals surface area contributed by atoms with E-state index in [1.165, 1.54) is 0 Å². The van der Waals surface area contributed by atoms with E-state index < -0.39 is 0 Å². The molecule has 0 spiro atoms. The molecule has 3 atom stereocenters. The molecule has 0 saturated carbocycles. The monoisotopic (exact) mass is 341 g/mol. The molecule has 1 aliphatic heterocycles. The summed E-state index contributed by atoms with van der Waals surface area (Å²) in [4.78, 5) is 16.3. The minimum atomic E-state index is -0.218. The summed E-state index contributed by atoms with van der Waals surface area (Å²) in [7, 11) is 1.63. The van der Waals surface area contributed by atoms with Crippen LogP contribution in [0.15, 0.2) is 48.8 Å². The molecule has 0 aliphatic carbocycles. The number of ether oxygens (including phenoxy) is 1. The Bertz CT molecular complexity index is 710. The second kappa shape index (κ2) is 7.96. The Morgan fingerprint density at radius 2 is 2.08 bits per heavy atom. The van der Waals surface area contributed by atoms with Crippen molar-refractivity contribution in [2.45, 2.75) is 31.6 Å². The standard InChI is InChI=1S/C18H23N5O2/c1-12(14-4-3-5-15(10-14)25-2)20-18(24)21-17-11-16(22-23-17)13-6-8-19-9-7-13/h3-10,12,16-17,22-23H,11H2,1-2H3,(H2,20,21,24)/t12-,16?,17?/m1/s1. The number of hydrogen-bond donors (Lipinski definition) is 4. The summed E-state index contributed by atoms with van der Waals surface area (Å²) in [6, 6.07) is 11.4. The molecule has 3 rings (SSSR count). The Labute approximate surface area is 147 Å². The van der Waals surface area contributed by atoms with Gasteiger partial charge in [0.25, 0.3) is 0 Å². The lowest BCUT2D eigenvalue weighted by molar-refractivity contribution is 0.232. The van der Waals surface area contributed by atoms with Crippen LogP contribution in [0, 0.1) is 0 Å². The van der Waals surface area contributed by atoms with Gasteiger partial charge in [0.1, 0.15) is 5.75 Å². The zero-order chi connectivity index (χ0) is 17.6. The van der Waals surface area contributed by atoms with E-state index in [0.717, 1.165) is 23.3 Å². The van der Waals surface area contributed by atoms with Gasteiger partial charge in [-0.05, 0) is 42.3 Å². The maximum atomic E-state index is 12.2. The third-order valence-corrected chi connectivity index (χ3v) is 4.26. The number of benzene rings is 1. The number of hydrazine groups is 1. The van der Waals surface area contributed by atoms with Gasteiger partial charge in [0.2, 0.25) is 0 Å². The molecule has 2 heterocycles. The summed E-state index contributed by atoms with van der Waals surface area (Å²) in [6.45, 7) is 1.94. The number of urea groups is 1. The molecule has 1 aromatic carbocycles. The summed E-state index contributed by atoms with van der Waals surface area (Å²) < 4.78 is 5.22. The third kappa shape index (κ3) is 4.46. The number of methoxy groups -OCH3 is 1. The van der Waals surface area contributed by atoms with E-state index in [4.69, 9.17) is 4.74 Å². The SMILES string of the molecule is COc1cccc([C@@H](C)NC(=O)NC2CC(c3ccncc3)NN2)c1. The predicted molar refractivity (Wildman–Crippen MR) is 94.7 cm³/mol. The Hall–Kier alpha value is -2.64. The Morgan fingerprint density at radius 3 is 2.84 bits per heavy atom. The van der Waals surface area contributed by atoms with E-state index in [-0.39, 0.29) is 24.3 Å². The summed E-state index contributed by atoms with van der Waals surface area (Å²) in [6.07, 6.45) is 4.14. The van der Waals surface area contributed by atoms with Crippen LogP contribution in [0.25, 0.3) is 0 Å². The molecule has 1 aliphatic rings. The van der Waals surface area contributed by atoms with E-state index in [2.05, 4.69) is 26.5 Å². The number of carbonyl (C=O) groups is 1. The average molecular weight is 341 g/mol. The zero-order valence-electron chi connectivity index (χ0n) is 14.3. The van der Waals surface area contributed by atoms with Crippen LogP contribution in [0.5, 0.6) is 5.75 Å². The van der Waals surface area contributed by atoms with Gasteiger partial charge in [0.15, 0.2) is 0 Å². The number of aromatic nitrogens is 1. The quantitative estimate of drug-likeness (QED) is 0.668. The fraction of sp³-hybridized carbons (Fsp3) is 0.333. The van der Waals surface area contributed by atoms with Crippen molar-refractivity contribution in [3.05, 3.63) is 59.9 Å². The van der Waals surface area contributed by atoms with Crippen molar-refractivity contribution in [2.75, 3.05) is 7.11 Å². The van der Waals surface area contributed by atoms with Crippen molar-refractivity contribution in [3.8, 4) is 5.75 Å². The van der Waals surface area contributed by atoms with Crippen LogP contribution in [0.3, 0.4) is 0 Å². The fourth-order valence-corrected chi connectivity index (χ4v) is 2.86. The van der Waals surface area contributed by atoms with Gasteiger partial charge in [-0.3, -0.25) is 4.98 Å². The van der Waals surface area contributed by atoms with Gasteiger partial charge in [0, 0.05) is 24.9 Å². The van der Waals surface area contributed by atoms with Crippen LogP contribution in [-0.2, 0) is 0 Å². The van der Waals surface area contributed by atoms with Gasteiger partial charge in [-0.2, -0.15) is 0 Å². The molecule has 132 valence electrons. The third-order valence-electron chi connectivity index (χ3n) is 4.26. The normalized spacial score (nSPS) is 20.7. The Kier molecular flexibility index (Phi) is 5.47. The first-order chi connectivity index (χ1) is 12.2. The molecule has 25 heavy (non-hydrogen) atoms. The van der Waals surface area contributed by atoms with Crippen LogP contribution in [-0.4, -0.2) is 24.3 Å². The van der Waals surface area contributed by atoms with Gasteiger partial charge in [0.05, 0.1) is 19.3 Å². The first-order valence-corrected chi connectivity index (χ1v) is 8.27. The fourth-order valence-electron chi connectivity index (χ4n) is 2.86. The van der Waals surface area contributed by atoms with Crippen molar-refractivity contribution >= 4 is 6.03 Å². The molecule has 0 radical (unpaired) electrons. The highest BCUT2D eigenvalue weighted by Crippen LogP contribution is 2.21. The minimum absolute atomic E-state index is 0.125. The van der Waals surface area contributed by atoms with Crippen molar-refractivity contribution in [1.82, 2.24) is 26.5 Å². The number of amides is 2. The molecule has 0 bridgehead atoms. The second-order valence-corrected chi connectivity index (χ2v) is 6.03. The van der Waals surface area contributed by atoms with Gasteiger partial charge >= 0.3 is 6.03 Å². The van der Waals surface area contributed by atoms with Crippen molar-refractivity contribution in [3.63, 3.8) is 0 Å². The molecule has 1 fully saturated rings. The van der Waals surface area contributed by atoms with Crippen LogP contribution in [0.1, 0.15) is 36.6 Å². The highest BCUT2D eigenvalue weighted by molar-refractivity contribution is 5.74. The number of carbonyl (C=O) groups excluding carboxylic acids is 1. The number of nitrogens with zero attached hydrogens (tertiary/aromatic N) is 1. The molecule has 2 aromatic rings. The summed E-state index contributed by atoms with van der Waals surface area (Å²) >= 11 is 0. The van der Waals surface area contributed by atoms with E-state index in [0.29, 0.717) is 0 Å². The molecule has 2 amide bonds. The number of nitrogens with one attached hydrogen (secondary N) is 4. The van der Waals surface area contributed by atoms with Crippen LogP contribution < -0.4 is 26.2 Å². The van der Waals surface area contributed by atoms with Gasteiger partial charge in [-0.15, -0.1) is 0 Å². The largest absolute Gasteiger partial charge is 0.497 e. The summed E-state index contributed by atoms with van der Waals surface area (Å²) in [5, 5.41) is 5.88. The molecule has 1 aromatic heterocycles. The van der Waals surface area contributed by atoms with E-state index in [1.54, 1.807) is 19.5 Å².